The van der Waals surface area contributed by atoms with Gasteiger partial charge in [0.15, 0.2) is 0 Å². The number of nitrogens with one attached hydrogen (secondary N) is 1. The number of nitrogens with zero attached hydrogens (tertiary/aromatic N) is 1. The Morgan fingerprint density at radius 2 is 2.05 bits per heavy atom. The predicted molar refractivity (Wildman–Crippen MR) is 81.5 cm³/mol. The molecule has 0 bridgehead atoms. The molecule has 1 aromatic carbocycles. The van der Waals surface area contributed by atoms with Gasteiger partial charge in [0.1, 0.15) is 0 Å². The van der Waals surface area contributed by atoms with Gasteiger partial charge in [-0.05, 0) is 36.8 Å². The van der Waals surface area contributed by atoms with E-state index in [2.05, 4.69) is 9.71 Å². The number of halogens is 1. The number of hydrogen-bond acceptors (Lipinski definition) is 3. The number of aryl methyl sites for hydroxylation is 2. The normalized spacial score (nSPS) is 11.3. The third kappa shape index (κ3) is 4.21. The minimum absolute atomic E-state index is 0.0183. The van der Waals surface area contributed by atoms with Gasteiger partial charge < -0.3 is 0 Å². The molecule has 0 amide bonds. The average Bonchev–Trinajstić information content (AvgIpc) is 2.42. The van der Waals surface area contributed by atoms with Crippen LogP contribution in [0.2, 0.25) is 5.02 Å². The monoisotopic (exact) mass is 310 g/mol. The fourth-order valence-electron chi connectivity index (χ4n) is 1.67. The standard InChI is InChI=1S/C14H15ClN2O2S/c1-11-5-6-13(10-14(11)15)17-20(18,19)9-7-12-4-2-3-8-16-12/h2-6,8,10,17H,7,9H2,1H3. The maximum atomic E-state index is 12.0. The van der Waals surface area contributed by atoms with Crippen LogP contribution in [0.3, 0.4) is 0 Å². The Kier molecular flexibility index (Phi) is 4.62. The minimum Gasteiger partial charge on any atom is -0.283 e. The first kappa shape index (κ1) is 14.8. The first-order chi connectivity index (χ1) is 9.46. The molecule has 0 aliphatic carbocycles. The van der Waals surface area contributed by atoms with Crippen molar-refractivity contribution in [3.63, 3.8) is 0 Å². The molecule has 106 valence electrons. The third-order valence-electron chi connectivity index (χ3n) is 2.80. The molecule has 2 aromatic rings. The van der Waals surface area contributed by atoms with Gasteiger partial charge in [0.2, 0.25) is 10.0 Å². The van der Waals surface area contributed by atoms with Crippen LogP contribution in [-0.4, -0.2) is 19.2 Å². The zero-order chi connectivity index (χ0) is 14.6. The van der Waals surface area contributed by atoms with Crippen molar-refractivity contribution in [3.8, 4) is 0 Å². The SMILES string of the molecule is Cc1ccc(NS(=O)(=O)CCc2ccccn2)cc1Cl. The highest BCUT2D eigenvalue weighted by molar-refractivity contribution is 7.92. The largest absolute Gasteiger partial charge is 0.283 e. The lowest BCUT2D eigenvalue weighted by molar-refractivity contribution is 0.600. The molecule has 1 heterocycles. The highest BCUT2D eigenvalue weighted by atomic mass is 35.5. The Morgan fingerprint density at radius 1 is 1.25 bits per heavy atom. The van der Waals surface area contributed by atoms with Crippen LogP contribution in [-0.2, 0) is 16.4 Å². The van der Waals surface area contributed by atoms with Gasteiger partial charge in [0.25, 0.3) is 0 Å². The summed E-state index contributed by atoms with van der Waals surface area (Å²) in [7, 11) is -3.41. The molecule has 0 fully saturated rings. The van der Waals surface area contributed by atoms with Crippen LogP contribution in [0.4, 0.5) is 5.69 Å². The number of sulfonamides is 1. The van der Waals surface area contributed by atoms with Gasteiger partial charge in [0, 0.05) is 29.0 Å². The second kappa shape index (κ2) is 6.24. The Hall–Kier alpha value is -1.59. The minimum atomic E-state index is -3.41. The highest BCUT2D eigenvalue weighted by Gasteiger charge is 2.11. The summed E-state index contributed by atoms with van der Waals surface area (Å²) in [6.45, 7) is 1.86. The first-order valence-corrected chi connectivity index (χ1v) is 8.16. The van der Waals surface area contributed by atoms with Gasteiger partial charge >= 0.3 is 0 Å². The zero-order valence-corrected chi connectivity index (χ0v) is 12.6. The lowest BCUT2D eigenvalue weighted by Gasteiger charge is -2.09. The van der Waals surface area contributed by atoms with E-state index >= 15 is 0 Å². The van der Waals surface area contributed by atoms with E-state index in [0.29, 0.717) is 17.1 Å². The molecule has 20 heavy (non-hydrogen) atoms. The van der Waals surface area contributed by atoms with Gasteiger partial charge in [0.05, 0.1) is 5.75 Å². The number of aromatic nitrogens is 1. The summed E-state index contributed by atoms with van der Waals surface area (Å²) < 4.78 is 26.5. The van der Waals surface area contributed by atoms with Crippen molar-refractivity contribution < 1.29 is 8.42 Å². The lowest BCUT2D eigenvalue weighted by Crippen LogP contribution is -2.18. The van der Waals surface area contributed by atoms with E-state index in [1.165, 1.54) is 0 Å². The molecule has 0 aliphatic heterocycles. The summed E-state index contributed by atoms with van der Waals surface area (Å²) in [5.74, 6) is -0.0183. The van der Waals surface area contributed by atoms with Crippen molar-refractivity contribution in [1.82, 2.24) is 4.98 Å². The van der Waals surface area contributed by atoms with Crippen LogP contribution >= 0.6 is 11.6 Å². The van der Waals surface area contributed by atoms with E-state index in [-0.39, 0.29) is 5.75 Å². The molecule has 6 heteroatoms. The summed E-state index contributed by atoms with van der Waals surface area (Å²) in [6.07, 6.45) is 2.02. The molecule has 1 N–H and O–H groups in total. The zero-order valence-electron chi connectivity index (χ0n) is 11.0. The van der Waals surface area contributed by atoms with Crippen LogP contribution in [0.15, 0.2) is 42.6 Å². The van der Waals surface area contributed by atoms with Crippen LogP contribution < -0.4 is 4.72 Å². The number of rotatable bonds is 5. The number of benzene rings is 1. The van der Waals surface area contributed by atoms with E-state index in [9.17, 15) is 8.42 Å². The maximum Gasteiger partial charge on any atom is 0.233 e. The van der Waals surface area contributed by atoms with Crippen LogP contribution in [0.1, 0.15) is 11.3 Å². The van der Waals surface area contributed by atoms with E-state index < -0.39 is 10.0 Å². The van der Waals surface area contributed by atoms with Crippen molar-refractivity contribution in [2.24, 2.45) is 0 Å². The van der Waals surface area contributed by atoms with E-state index in [1.54, 1.807) is 36.5 Å². The number of hydrogen-bond donors (Lipinski definition) is 1. The summed E-state index contributed by atoms with van der Waals surface area (Å²) in [5.41, 5.74) is 2.13. The van der Waals surface area contributed by atoms with Gasteiger partial charge in [-0.1, -0.05) is 23.7 Å². The summed E-state index contributed by atoms with van der Waals surface area (Å²) in [5, 5.41) is 0.537. The molecule has 0 unspecified atom stereocenters. The summed E-state index contributed by atoms with van der Waals surface area (Å²) in [4.78, 5) is 4.10. The molecule has 0 aliphatic rings. The topological polar surface area (TPSA) is 59.1 Å². The predicted octanol–water partition coefficient (Wildman–Crippen LogP) is 3.03. The van der Waals surface area contributed by atoms with Crippen molar-refractivity contribution in [3.05, 3.63) is 58.9 Å². The molecule has 1 aromatic heterocycles. The van der Waals surface area contributed by atoms with Crippen LogP contribution in [0.5, 0.6) is 0 Å². The fraction of sp³-hybridized carbons (Fsp3) is 0.214. The second-order valence-electron chi connectivity index (χ2n) is 4.46. The molecular weight excluding hydrogens is 296 g/mol. The fourth-order valence-corrected chi connectivity index (χ4v) is 2.92. The highest BCUT2D eigenvalue weighted by Crippen LogP contribution is 2.20. The number of pyridine rings is 1. The van der Waals surface area contributed by atoms with E-state index in [4.69, 9.17) is 11.6 Å². The molecular formula is C14H15ClN2O2S. The van der Waals surface area contributed by atoms with Gasteiger partial charge in [-0.3, -0.25) is 9.71 Å². The molecule has 0 spiro atoms. The Labute approximate surface area is 123 Å². The van der Waals surface area contributed by atoms with Gasteiger partial charge in [-0.2, -0.15) is 0 Å². The van der Waals surface area contributed by atoms with Crippen molar-refractivity contribution in [2.75, 3.05) is 10.5 Å². The molecule has 4 nitrogen and oxygen atoms in total. The third-order valence-corrected chi connectivity index (χ3v) is 4.49. The number of anilines is 1. The van der Waals surface area contributed by atoms with Crippen LogP contribution in [0, 0.1) is 6.92 Å². The van der Waals surface area contributed by atoms with E-state index in [1.807, 2.05) is 13.0 Å². The smallest absolute Gasteiger partial charge is 0.233 e. The van der Waals surface area contributed by atoms with E-state index in [0.717, 1.165) is 11.3 Å². The van der Waals surface area contributed by atoms with Crippen molar-refractivity contribution in [2.45, 2.75) is 13.3 Å². The molecule has 0 saturated heterocycles. The second-order valence-corrected chi connectivity index (χ2v) is 6.71. The Morgan fingerprint density at radius 3 is 2.70 bits per heavy atom. The summed E-state index contributed by atoms with van der Waals surface area (Å²) >= 11 is 5.97. The maximum absolute atomic E-state index is 12.0. The van der Waals surface area contributed by atoms with Crippen molar-refractivity contribution >= 4 is 27.3 Å². The lowest BCUT2D eigenvalue weighted by atomic mass is 10.2. The molecule has 0 atom stereocenters. The Balaban J connectivity index is 2.02. The average molecular weight is 311 g/mol. The Bertz CT molecular complexity index is 688. The first-order valence-electron chi connectivity index (χ1n) is 6.13. The van der Waals surface area contributed by atoms with Gasteiger partial charge in [-0.25, -0.2) is 8.42 Å². The molecule has 2 rings (SSSR count). The molecule has 0 radical (unpaired) electrons. The van der Waals surface area contributed by atoms with Crippen molar-refractivity contribution in [1.29, 1.82) is 0 Å². The van der Waals surface area contributed by atoms with Gasteiger partial charge in [-0.15, -0.1) is 0 Å². The molecule has 0 saturated carbocycles. The quantitative estimate of drug-likeness (QED) is 0.923. The van der Waals surface area contributed by atoms with Crippen LogP contribution in [0.25, 0.3) is 0 Å². The summed E-state index contributed by atoms with van der Waals surface area (Å²) in [6, 6.07) is 10.5.